The molecule has 2 aromatic rings. The Kier molecular flexibility index (Phi) is 3.77. The summed E-state index contributed by atoms with van der Waals surface area (Å²) < 4.78 is 2.75. The molecular weight excluding hydrogens is 334 g/mol. The lowest BCUT2D eigenvalue weighted by atomic mass is 10.0. The molecule has 0 unspecified atom stereocenters. The highest BCUT2D eigenvalue weighted by Gasteiger charge is 2.36. The molecule has 1 fully saturated rings. The highest BCUT2D eigenvalue weighted by atomic mass is 79.9. The zero-order valence-corrected chi connectivity index (χ0v) is 13.2. The fourth-order valence-corrected chi connectivity index (χ4v) is 3.08. The van der Waals surface area contributed by atoms with E-state index in [-0.39, 0.29) is 17.9 Å². The van der Waals surface area contributed by atoms with Crippen LogP contribution < -0.4 is 5.73 Å². The van der Waals surface area contributed by atoms with E-state index in [0.29, 0.717) is 18.7 Å². The van der Waals surface area contributed by atoms with Gasteiger partial charge in [-0.1, -0.05) is 0 Å². The van der Waals surface area contributed by atoms with Crippen LogP contribution in [0.25, 0.3) is 0 Å². The second-order valence-corrected chi connectivity index (χ2v) is 6.18. The Hall–Kier alpha value is -1.73. The summed E-state index contributed by atoms with van der Waals surface area (Å²) in [5.74, 6) is 0.940. The highest BCUT2D eigenvalue weighted by Crippen LogP contribution is 2.26. The standard InChI is InChI=1S/C14H16BrN5O/c1-19-3-2-18-13(19)11-7-20(8-12(11)16)14(21)9-4-10(15)6-17-5-9/h2-6,11-12H,7-8,16H2,1H3/t11-,12-/m1/s1. The number of hydrogen-bond donors (Lipinski definition) is 1. The minimum atomic E-state index is -0.102. The SMILES string of the molecule is Cn1ccnc1[C@@H]1CN(C(=O)c2cncc(Br)c2)C[C@H]1N. The second kappa shape index (κ2) is 5.57. The number of pyridine rings is 1. The van der Waals surface area contributed by atoms with Crippen LogP contribution in [0.5, 0.6) is 0 Å². The molecule has 1 aliphatic rings. The first-order chi connectivity index (χ1) is 10.1. The third-order valence-corrected chi connectivity index (χ3v) is 4.23. The van der Waals surface area contributed by atoms with Crippen molar-refractivity contribution in [2.75, 3.05) is 13.1 Å². The van der Waals surface area contributed by atoms with Crippen LogP contribution in [0.1, 0.15) is 22.1 Å². The van der Waals surface area contributed by atoms with Crippen LogP contribution in [0, 0.1) is 0 Å². The molecule has 3 rings (SSSR count). The second-order valence-electron chi connectivity index (χ2n) is 5.27. The molecule has 1 saturated heterocycles. The van der Waals surface area contributed by atoms with Crippen molar-refractivity contribution in [1.29, 1.82) is 0 Å². The van der Waals surface area contributed by atoms with Gasteiger partial charge in [-0.2, -0.15) is 0 Å². The summed E-state index contributed by atoms with van der Waals surface area (Å²) in [5.41, 5.74) is 6.77. The molecule has 1 aliphatic heterocycles. The van der Waals surface area contributed by atoms with Crippen LogP contribution in [0.4, 0.5) is 0 Å². The van der Waals surface area contributed by atoms with Gasteiger partial charge in [-0.15, -0.1) is 0 Å². The fraction of sp³-hybridized carbons (Fsp3) is 0.357. The Labute approximate surface area is 131 Å². The lowest BCUT2D eigenvalue weighted by Gasteiger charge is -2.16. The Morgan fingerprint density at radius 1 is 1.43 bits per heavy atom. The van der Waals surface area contributed by atoms with Gasteiger partial charge in [-0.3, -0.25) is 9.78 Å². The number of aromatic nitrogens is 3. The van der Waals surface area contributed by atoms with E-state index in [2.05, 4.69) is 25.9 Å². The first kappa shape index (κ1) is 14.2. The van der Waals surface area contributed by atoms with Gasteiger partial charge in [0.1, 0.15) is 5.82 Å². The molecule has 21 heavy (non-hydrogen) atoms. The summed E-state index contributed by atoms with van der Waals surface area (Å²) in [6.07, 6.45) is 6.88. The van der Waals surface area contributed by atoms with E-state index in [1.165, 1.54) is 0 Å². The molecule has 3 heterocycles. The smallest absolute Gasteiger partial charge is 0.255 e. The monoisotopic (exact) mass is 349 g/mol. The van der Waals surface area contributed by atoms with Gasteiger partial charge in [0.2, 0.25) is 0 Å². The molecule has 0 saturated carbocycles. The molecule has 2 N–H and O–H groups in total. The zero-order chi connectivity index (χ0) is 15.0. The van der Waals surface area contributed by atoms with Crippen LogP contribution in [0.2, 0.25) is 0 Å². The molecule has 0 aromatic carbocycles. The van der Waals surface area contributed by atoms with E-state index < -0.39 is 0 Å². The van der Waals surface area contributed by atoms with Gasteiger partial charge >= 0.3 is 0 Å². The normalized spacial score (nSPS) is 21.8. The molecule has 0 spiro atoms. The fourth-order valence-electron chi connectivity index (χ4n) is 2.71. The number of nitrogens with two attached hydrogens (primary N) is 1. The number of likely N-dealkylation sites (tertiary alicyclic amines) is 1. The minimum absolute atomic E-state index is 0.0454. The average molecular weight is 350 g/mol. The van der Waals surface area contributed by atoms with Crippen molar-refractivity contribution in [3.63, 3.8) is 0 Å². The molecule has 0 radical (unpaired) electrons. The maximum absolute atomic E-state index is 12.5. The van der Waals surface area contributed by atoms with E-state index in [9.17, 15) is 4.79 Å². The van der Waals surface area contributed by atoms with Crippen LogP contribution >= 0.6 is 15.9 Å². The molecule has 0 aliphatic carbocycles. The van der Waals surface area contributed by atoms with Gasteiger partial charge in [-0.05, 0) is 22.0 Å². The largest absolute Gasteiger partial charge is 0.338 e. The number of hydrogen-bond acceptors (Lipinski definition) is 4. The average Bonchev–Trinajstić information content (AvgIpc) is 3.04. The summed E-state index contributed by atoms with van der Waals surface area (Å²) in [7, 11) is 1.94. The zero-order valence-electron chi connectivity index (χ0n) is 11.6. The Bertz CT molecular complexity index is 671. The summed E-state index contributed by atoms with van der Waals surface area (Å²) in [6.45, 7) is 1.11. The lowest BCUT2D eigenvalue weighted by molar-refractivity contribution is 0.0788. The molecule has 6 nitrogen and oxygen atoms in total. The molecule has 0 bridgehead atoms. The molecule has 2 atom stereocenters. The molecule has 2 aromatic heterocycles. The maximum Gasteiger partial charge on any atom is 0.255 e. The van der Waals surface area contributed by atoms with E-state index >= 15 is 0 Å². The number of imidazole rings is 1. The first-order valence-electron chi connectivity index (χ1n) is 6.69. The number of nitrogens with zero attached hydrogens (tertiary/aromatic N) is 4. The summed E-state index contributed by atoms with van der Waals surface area (Å²) in [5, 5.41) is 0. The Morgan fingerprint density at radius 2 is 2.24 bits per heavy atom. The summed E-state index contributed by atoms with van der Waals surface area (Å²) >= 11 is 3.33. The quantitative estimate of drug-likeness (QED) is 0.881. The van der Waals surface area contributed by atoms with Crippen LogP contribution in [-0.2, 0) is 7.05 Å². The van der Waals surface area contributed by atoms with Crippen LogP contribution in [0.15, 0.2) is 35.3 Å². The van der Waals surface area contributed by atoms with Gasteiger partial charge < -0.3 is 15.2 Å². The third kappa shape index (κ3) is 2.71. The predicted octanol–water partition coefficient (Wildman–Crippen LogP) is 1.14. The Morgan fingerprint density at radius 3 is 2.90 bits per heavy atom. The van der Waals surface area contributed by atoms with Crippen LogP contribution in [0.3, 0.4) is 0 Å². The van der Waals surface area contributed by atoms with Crippen molar-refractivity contribution in [1.82, 2.24) is 19.4 Å². The number of halogens is 1. The van der Waals surface area contributed by atoms with Crippen molar-refractivity contribution in [3.05, 3.63) is 46.7 Å². The molecular formula is C14H16BrN5O. The number of carbonyl (C=O) groups is 1. The van der Waals surface area contributed by atoms with E-state index in [1.807, 2.05) is 17.8 Å². The summed E-state index contributed by atoms with van der Waals surface area (Å²) in [4.78, 5) is 22.7. The van der Waals surface area contributed by atoms with E-state index in [0.717, 1.165) is 10.3 Å². The van der Waals surface area contributed by atoms with Gasteiger partial charge in [0.15, 0.2) is 0 Å². The van der Waals surface area contributed by atoms with Crippen LogP contribution in [-0.4, -0.2) is 44.5 Å². The number of aryl methyl sites for hydroxylation is 1. The van der Waals surface area contributed by atoms with Crippen molar-refractivity contribution in [2.24, 2.45) is 12.8 Å². The predicted molar refractivity (Wildman–Crippen MR) is 81.8 cm³/mol. The molecule has 1 amide bonds. The molecule has 7 heteroatoms. The first-order valence-corrected chi connectivity index (χ1v) is 7.48. The van der Waals surface area contributed by atoms with Gasteiger partial charge in [0.05, 0.1) is 11.5 Å². The molecule has 110 valence electrons. The number of rotatable bonds is 2. The van der Waals surface area contributed by atoms with Crippen molar-refractivity contribution >= 4 is 21.8 Å². The van der Waals surface area contributed by atoms with Crippen molar-refractivity contribution < 1.29 is 4.79 Å². The third-order valence-electron chi connectivity index (χ3n) is 3.79. The van der Waals surface area contributed by atoms with Gasteiger partial charge in [-0.25, -0.2) is 4.98 Å². The minimum Gasteiger partial charge on any atom is -0.338 e. The van der Waals surface area contributed by atoms with Gasteiger partial charge in [0, 0.05) is 55.4 Å². The van der Waals surface area contributed by atoms with E-state index in [4.69, 9.17) is 5.73 Å². The Balaban J connectivity index is 1.80. The number of carbonyl (C=O) groups excluding carboxylic acids is 1. The maximum atomic E-state index is 12.5. The highest BCUT2D eigenvalue weighted by molar-refractivity contribution is 9.10. The lowest BCUT2D eigenvalue weighted by Crippen LogP contribution is -2.32. The van der Waals surface area contributed by atoms with Crippen molar-refractivity contribution in [2.45, 2.75) is 12.0 Å². The van der Waals surface area contributed by atoms with Gasteiger partial charge in [0.25, 0.3) is 5.91 Å². The summed E-state index contributed by atoms with van der Waals surface area (Å²) in [6, 6.07) is 1.67. The number of amides is 1. The topological polar surface area (TPSA) is 77.0 Å². The van der Waals surface area contributed by atoms with E-state index in [1.54, 1.807) is 29.6 Å². The van der Waals surface area contributed by atoms with Crippen molar-refractivity contribution in [3.8, 4) is 0 Å².